The number of carbonyl (C=O) groups is 1. The molecule has 0 unspecified atom stereocenters. The minimum absolute atomic E-state index is 0.0207. The zero-order valence-corrected chi connectivity index (χ0v) is 12.4. The van der Waals surface area contributed by atoms with Gasteiger partial charge in [0.2, 0.25) is 6.54 Å². The van der Waals surface area contributed by atoms with E-state index in [0.717, 1.165) is 0 Å². The van der Waals surface area contributed by atoms with Gasteiger partial charge in [-0.2, -0.15) is 5.26 Å². The highest BCUT2D eigenvalue weighted by Gasteiger charge is 2.32. The molecule has 0 spiro atoms. The SMILES string of the molecule is CC(C)(C[N+](=O)[O-])c1cc(C(=O)OO)ccc1C(CO)CO. The molecule has 8 nitrogen and oxygen atoms in total. The number of aliphatic hydroxyl groups excluding tert-OH is 2. The number of nitro groups is 1. The van der Waals surface area contributed by atoms with Crippen molar-refractivity contribution >= 4 is 5.97 Å². The Labute approximate surface area is 127 Å². The first kappa shape index (κ1) is 18.0. The molecule has 0 aliphatic heterocycles. The fourth-order valence-electron chi connectivity index (χ4n) is 2.34. The first-order valence-corrected chi connectivity index (χ1v) is 6.60. The average Bonchev–Trinajstić information content (AvgIpc) is 2.46. The van der Waals surface area contributed by atoms with Gasteiger partial charge in [0, 0.05) is 10.8 Å². The highest BCUT2D eigenvalue weighted by atomic mass is 17.1. The number of carbonyl (C=O) groups excluding carboxylic acids is 1. The van der Waals surface area contributed by atoms with Crippen LogP contribution in [0.1, 0.15) is 41.3 Å². The number of aliphatic hydroxyl groups is 2. The van der Waals surface area contributed by atoms with Gasteiger partial charge in [0.15, 0.2) is 0 Å². The first-order chi connectivity index (χ1) is 10.3. The molecule has 0 bridgehead atoms. The fourth-order valence-corrected chi connectivity index (χ4v) is 2.34. The molecule has 0 saturated heterocycles. The van der Waals surface area contributed by atoms with Crippen LogP contribution in [0.25, 0.3) is 0 Å². The highest BCUT2D eigenvalue weighted by Crippen LogP contribution is 2.32. The number of benzene rings is 1. The van der Waals surface area contributed by atoms with Crippen LogP contribution >= 0.6 is 0 Å². The largest absolute Gasteiger partial charge is 0.396 e. The lowest BCUT2D eigenvalue weighted by molar-refractivity contribution is -0.489. The fraction of sp³-hybridized carbons (Fsp3) is 0.500. The van der Waals surface area contributed by atoms with E-state index < -0.39 is 28.8 Å². The van der Waals surface area contributed by atoms with Crippen LogP contribution in [0.3, 0.4) is 0 Å². The Morgan fingerprint density at radius 3 is 2.41 bits per heavy atom. The lowest BCUT2D eigenvalue weighted by Gasteiger charge is -2.27. The van der Waals surface area contributed by atoms with Crippen molar-refractivity contribution in [3.63, 3.8) is 0 Å². The summed E-state index contributed by atoms with van der Waals surface area (Å²) in [7, 11) is 0. The second-order valence-corrected chi connectivity index (χ2v) is 5.62. The van der Waals surface area contributed by atoms with Gasteiger partial charge in [0.05, 0.1) is 24.2 Å². The van der Waals surface area contributed by atoms with Crippen molar-refractivity contribution in [1.82, 2.24) is 0 Å². The standard InChI is InChI=1S/C14H19NO7/c1-14(2,8-15(19)20)12-5-9(13(18)22-21)3-4-11(12)10(6-16)7-17/h3-5,10,16-17,21H,6-8H2,1-2H3. The first-order valence-electron chi connectivity index (χ1n) is 6.60. The van der Waals surface area contributed by atoms with Gasteiger partial charge < -0.3 is 10.2 Å². The molecule has 122 valence electrons. The maximum Gasteiger partial charge on any atom is 0.372 e. The molecule has 22 heavy (non-hydrogen) atoms. The molecule has 8 heteroatoms. The van der Waals surface area contributed by atoms with Gasteiger partial charge in [-0.1, -0.05) is 6.07 Å². The van der Waals surface area contributed by atoms with Crippen LogP contribution in [0.15, 0.2) is 18.2 Å². The predicted molar refractivity (Wildman–Crippen MR) is 76.3 cm³/mol. The van der Waals surface area contributed by atoms with Crippen molar-refractivity contribution in [2.45, 2.75) is 25.2 Å². The zero-order valence-electron chi connectivity index (χ0n) is 12.4. The van der Waals surface area contributed by atoms with Gasteiger partial charge >= 0.3 is 5.97 Å². The monoisotopic (exact) mass is 313 g/mol. The van der Waals surface area contributed by atoms with Crippen molar-refractivity contribution in [3.05, 3.63) is 45.0 Å². The lowest BCUT2D eigenvalue weighted by atomic mass is 9.78. The molecule has 0 aromatic heterocycles. The molecule has 1 aromatic carbocycles. The Morgan fingerprint density at radius 1 is 1.36 bits per heavy atom. The Bertz CT molecular complexity index is 552. The predicted octanol–water partition coefficient (Wildman–Crippen LogP) is 0.939. The van der Waals surface area contributed by atoms with E-state index in [2.05, 4.69) is 4.89 Å². The summed E-state index contributed by atoms with van der Waals surface area (Å²) in [5.41, 5.74) is 0.00604. The van der Waals surface area contributed by atoms with E-state index >= 15 is 0 Å². The van der Waals surface area contributed by atoms with Crippen LogP contribution in [0.5, 0.6) is 0 Å². The summed E-state index contributed by atoms with van der Waals surface area (Å²) < 4.78 is 0. The van der Waals surface area contributed by atoms with Gasteiger partial charge in [-0.25, -0.2) is 4.79 Å². The topological polar surface area (TPSA) is 130 Å². The molecule has 0 heterocycles. The molecule has 3 N–H and O–H groups in total. The second-order valence-electron chi connectivity index (χ2n) is 5.62. The van der Waals surface area contributed by atoms with Crippen molar-refractivity contribution in [2.24, 2.45) is 0 Å². The minimum atomic E-state index is -0.991. The maximum absolute atomic E-state index is 11.4. The summed E-state index contributed by atoms with van der Waals surface area (Å²) in [6.07, 6.45) is 0. The molecule has 1 aromatic rings. The Morgan fingerprint density at radius 2 is 1.95 bits per heavy atom. The summed E-state index contributed by atoms with van der Waals surface area (Å²) in [4.78, 5) is 25.5. The van der Waals surface area contributed by atoms with E-state index in [1.165, 1.54) is 18.2 Å². The zero-order chi connectivity index (χ0) is 16.9. The maximum atomic E-state index is 11.4. The van der Waals surface area contributed by atoms with Gasteiger partial charge in [0.25, 0.3) is 0 Å². The number of hydrogen-bond acceptors (Lipinski definition) is 7. The summed E-state index contributed by atoms with van der Waals surface area (Å²) in [5, 5.41) is 38.0. The molecule has 0 aliphatic rings. The average molecular weight is 313 g/mol. The van der Waals surface area contributed by atoms with Crippen LogP contribution in [0.2, 0.25) is 0 Å². The molecule has 1 rings (SSSR count). The lowest BCUT2D eigenvalue weighted by Crippen LogP contribution is -2.30. The van der Waals surface area contributed by atoms with E-state index in [4.69, 9.17) is 5.26 Å². The van der Waals surface area contributed by atoms with E-state index in [0.29, 0.717) is 11.1 Å². The Hall–Kier alpha value is -2.03. The number of rotatable bonds is 7. The van der Waals surface area contributed by atoms with Gasteiger partial charge in [-0.15, -0.1) is 0 Å². The molecule has 0 saturated carbocycles. The molecular weight excluding hydrogens is 294 g/mol. The summed E-state index contributed by atoms with van der Waals surface area (Å²) in [5.74, 6) is -1.62. The normalized spacial score (nSPS) is 11.5. The summed E-state index contributed by atoms with van der Waals surface area (Å²) in [6, 6.07) is 4.22. The van der Waals surface area contributed by atoms with Crippen molar-refractivity contribution in [1.29, 1.82) is 0 Å². The van der Waals surface area contributed by atoms with E-state index in [9.17, 15) is 25.1 Å². The molecule has 0 aliphatic carbocycles. The van der Waals surface area contributed by atoms with Crippen molar-refractivity contribution in [3.8, 4) is 0 Å². The van der Waals surface area contributed by atoms with Crippen LogP contribution < -0.4 is 0 Å². The third-order valence-corrected chi connectivity index (χ3v) is 3.51. The third kappa shape index (κ3) is 4.00. The number of hydrogen-bond donors (Lipinski definition) is 3. The van der Waals surface area contributed by atoms with Crippen LogP contribution in [0, 0.1) is 10.1 Å². The van der Waals surface area contributed by atoms with Crippen LogP contribution in [0.4, 0.5) is 0 Å². The van der Waals surface area contributed by atoms with E-state index in [1.807, 2.05) is 0 Å². The smallest absolute Gasteiger partial charge is 0.372 e. The number of nitrogens with zero attached hydrogens (tertiary/aromatic N) is 1. The van der Waals surface area contributed by atoms with Crippen LogP contribution in [-0.4, -0.2) is 46.1 Å². The highest BCUT2D eigenvalue weighted by molar-refractivity contribution is 5.89. The molecular formula is C14H19NO7. The second kappa shape index (κ2) is 7.30. The molecule has 0 amide bonds. The Balaban J connectivity index is 3.45. The quantitative estimate of drug-likeness (QED) is 0.388. The van der Waals surface area contributed by atoms with Gasteiger partial charge in [-0.05, 0) is 37.1 Å². The molecule has 0 fully saturated rings. The summed E-state index contributed by atoms with van der Waals surface area (Å²) in [6.45, 7) is 2.15. The minimum Gasteiger partial charge on any atom is -0.396 e. The van der Waals surface area contributed by atoms with Crippen molar-refractivity contribution < 1.29 is 30.1 Å². The van der Waals surface area contributed by atoms with E-state index in [-0.39, 0.29) is 18.8 Å². The molecule has 0 atom stereocenters. The van der Waals surface area contributed by atoms with Gasteiger partial charge in [0.1, 0.15) is 0 Å². The Kier molecular flexibility index (Phi) is 5.98. The van der Waals surface area contributed by atoms with Crippen LogP contribution in [-0.2, 0) is 10.3 Å². The van der Waals surface area contributed by atoms with E-state index in [1.54, 1.807) is 13.8 Å². The molecule has 0 radical (unpaired) electrons. The third-order valence-electron chi connectivity index (χ3n) is 3.51. The van der Waals surface area contributed by atoms with Crippen molar-refractivity contribution in [2.75, 3.05) is 19.8 Å². The summed E-state index contributed by atoms with van der Waals surface area (Å²) >= 11 is 0. The van der Waals surface area contributed by atoms with Gasteiger partial charge in [-0.3, -0.25) is 15.0 Å².